The minimum atomic E-state index is -0.237. The minimum absolute atomic E-state index is 0.237. The van der Waals surface area contributed by atoms with Gasteiger partial charge in [-0.15, -0.1) is 6.42 Å². The highest BCUT2D eigenvalue weighted by Gasteiger charge is 1.99. The van der Waals surface area contributed by atoms with Gasteiger partial charge in [-0.3, -0.25) is 4.79 Å². The van der Waals surface area contributed by atoms with Crippen molar-refractivity contribution in [2.24, 2.45) is 0 Å². The standard InChI is InChI=1S/C17H12ClNO/c1-2-13-6-5-8-15(12-13)19-17(20)11-10-14-7-3-4-9-16(14)18/h1,3-12H,(H,19,20)/b11-10+. The second-order valence-electron chi connectivity index (χ2n) is 4.07. The van der Waals surface area contributed by atoms with Gasteiger partial charge in [0.25, 0.3) is 0 Å². The minimum Gasteiger partial charge on any atom is -0.322 e. The van der Waals surface area contributed by atoms with Crippen molar-refractivity contribution < 1.29 is 4.79 Å². The third-order valence-corrected chi connectivity index (χ3v) is 2.96. The molecule has 1 amide bonds. The van der Waals surface area contributed by atoms with E-state index in [0.717, 1.165) is 11.1 Å². The van der Waals surface area contributed by atoms with E-state index in [-0.39, 0.29) is 5.91 Å². The van der Waals surface area contributed by atoms with E-state index in [4.69, 9.17) is 18.0 Å². The molecule has 2 nitrogen and oxygen atoms in total. The molecule has 0 saturated heterocycles. The second kappa shape index (κ2) is 6.60. The highest BCUT2D eigenvalue weighted by molar-refractivity contribution is 6.32. The van der Waals surface area contributed by atoms with Crippen LogP contribution in [0.25, 0.3) is 6.08 Å². The number of nitrogens with one attached hydrogen (secondary N) is 1. The van der Waals surface area contributed by atoms with Crippen molar-refractivity contribution in [1.82, 2.24) is 0 Å². The third kappa shape index (κ3) is 3.74. The van der Waals surface area contributed by atoms with Crippen molar-refractivity contribution in [3.63, 3.8) is 0 Å². The molecule has 0 aliphatic rings. The first kappa shape index (κ1) is 13.9. The maximum Gasteiger partial charge on any atom is 0.248 e. The summed E-state index contributed by atoms with van der Waals surface area (Å²) in [4.78, 5) is 11.8. The first-order valence-corrected chi connectivity index (χ1v) is 6.37. The van der Waals surface area contributed by atoms with Crippen LogP contribution in [0.5, 0.6) is 0 Å². The fraction of sp³-hybridized carbons (Fsp3) is 0. The molecular weight excluding hydrogens is 270 g/mol. The Morgan fingerprint density at radius 2 is 2.00 bits per heavy atom. The molecule has 2 aromatic rings. The van der Waals surface area contributed by atoms with E-state index in [1.807, 2.05) is 18.2 Å². The molecule has 20 heavy (non-hydrogen) atoms. The zero-order chi connectivity index (χ0) is 14.4. The molecule has 0 fully saturated rings. The maximum atomic E-state index is 11.8. The quantitative estimate of drug-likeness (QED) is 0.669. The number of rotatable bonds is 3. The highest BCUT2D eigenvalue weighted by Crippen LogP contribution is 2.16. The van der Waals surface area contributed by atoms with Gasteiger partial charge in [-0.2, -0.15) is 0 Å². The molecule has 1 N–H and O–H groups in total. The van der Waals surface area contributed by atoms with Crippen molar-refractivity contribution >= 4 is 29.3 Å². The summed E-state index contributed by atoms with van der Waals surface area (Å²) in [6, 6.07) is 14.4. The lowest BCUT2D eigenvalue weighted by Gasteiger charge is -2.02. The van der Waals surface area contributed by atoms with Crippen LogP contribution in [0.4, 0.5) is 5.69 Å². The molecule has 0 unspecified atom stereocenters. The Morgan fingerprint density at radius 3 is 2.75 bits per heavy atom. The van der Waals surface area contributed by atoms with E-state index < -0.39 is 0 Å². The summed E-state index contributed by atoms with van der Waals surface area (Å²) in [5.41, 5.74) is 2.17. The first-order valence-electron chi connectivity index (χ1n) is 5.99. The number of amides is 1. The van der Waals surface area contributed by atoms with E-state index in [1.54, 1.807) is 36.4 Å². The lowest BCUT2D eigenvalue weighted by molar-refractivity contribution is -0.111. The van der Waals surface area contributed by atoms with Crippen LogP contribution in [0.15, 0.2) is 54.6 Å². The fourth-order valence-corrected chi connectivity index (χ4v) is 1.85. The summed E-state index contributed by atoms with van der Waals surface area (Å²) in [6.07, 6.45) is 8.41. The van der Waals surface area contributed by atoms with Gasteiger partial charge < -0.3 is 5.32 Å². The van der Waals surface area contributed by atoms with Crippen LogP contribution in [-0.2, 0) is 4.79 Å². The number of carbonyl (C=O) groups excluding carboxylic acids is 1. The summed E-state index contributed by atoms with van der Waals surface area (Å²) in [5, 5.41) is 3.34. The first-order chi connectivity index (χ1) is 9.69. The van der Waals surface area contributed by atoms with Crippen molar-refractivity contribution in [1.29, 1.82) is 0 Å². The normalized spacial score (nSPS) is 10.2. The van der Waals surface area contributed by atoms with E-state index in [0.29, 0.717) is 10.7 Å². The smallest absolute Gasteiger partial charge is 0.248 e. The molecule has 2 rings (SSSR count). The maximum absolute atomic E-state index is 11.8. The lowest BCUT2D eigenvalue weighted by atomic mass is 10.2. The lowest BCUT2D eigenvalue weighted by Crippen LogP contribution is -2.07. The Kier molecular flexibility index (Phi) is 4.60. The third-order valence-electron chi connectivity index (χ3n) is 2.62. The van der Waals surface area contributed by atoms with E-state index >= 15 is 0 Å². The van der Waals surface area contributed by atoms with Gasteiger partial charge in [0.2, 0.25) is 5.91 Å². The van der Waals surface area contributed by atoms with Gasteiger partial charge >= 0.3 is 0 Å². The van der Waals surface area contributed by atoms with Crippen molar-refractivity contribution in [3.05, 3.63) is 70.8 Å². The molecule has 98 valence electrons. The van der Waals surface area contributed by atoms with Gasteiger partial charge in [0.15, 0.2) is 0 Å². The number of hydrogen-bond donors (Lipinski definition) is 1. The van der Waals surface area contributed by atoms with Crippen LogP contribution in [0, 0.1) is 12.3 Å². The van der Waals surface area contributed by atoms with E-state index in [2.05, 4.69) is 11.2 Å². The average molecular weight is 282 g/mol. The zero-order valence-corrected chi connectivity index (χ0v) is 11.4. The molecule has 2 aromatic carbocycles. The second-order valence-corrected chi connectivity index (χ2v) is 4.48. The number of benzene rings is 2. The van der Waals surface area contributed by atoms with Gasteiger partial charge in [0.05, 0.1) is 0 Å². The summed E-state index contributed by atoms with van der Waals surface area (Å²) < 4.78 is 0. The number of halogens is 1. The molecule has 0 spiro atoms. The molecular formula is C17H12ClNO. The predicted molar refractivity (Wildman–Crippen MR) is 83.5 cm³/mol. The summed E-state index contributed by atoms with van der Waals surface area (Å²) >= 11 is 6.00. The monoisotopic (exact) mass is 281 g/mol. The molecule has 0 aliphatic heterocycles. The van der Waals surface area contributed by atoms with Crippen LogP contribution in [0.1, 0.15) is 11.1 Å². The fourth-order valence-electron chi connectivity index (χ4n) is 1.65. The SMILES string of the molecule is C#Cc1cccc(NC(=O)/C=C/c2ccccc2Cl)c1. The van der Waals surface area contributed by atoms with Gasteiger partial charge in [-0.1, -0.05) is 41.8 Å². The number of carbonyl (C=O) groups is 1. The molecule has 0 radical (unpaired) electrons. The van der Waals surface area contributed by atoms with Crippen LogP contribution in [0.2, 0.25) is 5.02 Å². The van der Waals surface area contributed by atoms with Crippen molar-refractivity contribution in [3.8, 4) is 12.3 Å². The Bertz CT molecular complexity index is 698. The van der Waals surface area contributed by atoms with Crippen molar-refractivity contribution in [2.75, 3.05) is 5.32 Å². The van der Waals surface area contributed by atoms with Gasteiger partial charge in [0, 0.05) is 22.3 Å². The van der Waals surface area contributed by atoms with Gasteiger partial charge in [-0.05, 0) is 35.9 Å². The molecule has 0 aromatic heterocycles. The molecule has 0 saturated carbocycles. The van der Waals surface area contributed by atoms with Crippen molar-refractivity contribution in [2.45, 2.75) is 0 Å². The van der Waals surface area contributed by atoms with Crippen LogP contribution in [0.3, 0.4) is 0 Å². The average Bonchev–Trinajstić information content (AvgIpc) is 2.46. The predicted octanol–water partition coefficient (Wildman–Crippen LogP) is 3.97. The summed E-state index contributed by atoms with van der Waals surface area (Å²) in [5.74, 6) is 2.28. The number of terminal acetylenes is 1. The Labute approximate surface area is 123 Å². The summed E-state index contributed by atoms with van der Waals surface area (Å²) in [6.45, 7) is 0. The van der Waals surface area contributed by atoms with Crippen LogP contribution >= 0.6 is 11.6 Å². The van der Waals surface area contributed by atoms with Crippen LogP contribution < -0.4 is 5.32 Å². The number of hydrogen-bond acceptors (Lipinski definition) is 1. The van der Waals surface area contributed by atoms with E-state index in [9.17, 15) is 4.79 Å². The molecule has 0 aliphatic carbocycles. The molecule has 3 heteroatoms. The molecule has 0 atom stereocenters. The topological polar surface area (TPSA) is 29.1 Å². The highest BCUT2D eigenvalue weighted by atomic mass is 35.5. The molecule has 0 bridgehead atoms. The Hall–Kier alpha value is -2.50. The van der Waals surface area contributed by atoms with Gasteiger partial charge in [-0.25, -0.2) is 0 Å². The number of anilines is 1. The largest absolute Gasteiger partial charge is 0.322 e. The van der Waals surface area contributed by atoms with E-state index in [1.165, 1.54) is 6.08 Å². The zero-order valence-electron chi connectivity index (χ0n) is 10.6. The van der Waals surface area contributed by atoms with Gasteiger partial charge in [0.1, 0.15) is 0 Å². The Morgan fingerprint density at radius 1 is 1.20 bits per heavy atom. The van der Waals surface area contributed by atoms with Crippen LogP contribution in [-0.4, -0.2) is 5.91 Å². The Balaban J connectivity index is 2.06. The summed E-state index contributed by atoms with van der Waals surface area (Å²) in [7, 11) is 0. The molecule has 0 heterocycles.